The molecule has 1 heterocycles. The van der Waals surface area contributed by atoms with Crippen LogP contribution in [0.4, 0.5) is 0 Å². The first-order valence-electron chi connectivity index (χ1n) is 3.92. The highest BCUT2D eigenvalue weighted by atomic mass is 35.5. The van der Waals surface area contributed by atoms with Gasteiger partial charge in [0.05, 0.1) is 11.2 Å². The summed E-state index contributed by atoms with van der Waals surface area (Å²) in [6.45, 7) is 0.879. The van der Waals surface area contributed by atoms with Gasteiger partial charge in [-0.25, -0.2) is 0 Å². The van der Waals surface area contributed by atoms with Gasteiger partial charge in [0.2, 0.25) is 0 Å². The van der Waals surface area contributed by atoms with Crippen molar-refractivity contribution in [3.63, 3.8) is 0 Å². The molecule has 12 heavy (non-hydrogen) atoms. The first-order valence-corrected chi connectivity index (χ1v) is 4.30. The van der Waals surface area contributed by atoms with E-state index in [1.54, 1.807) is 0 Å². The van der Waals surface area contributed by atoms with E-state index in [1.807, 2.05) is 43.8 Å². The van der Waals surface area contributed by atoms with E-state index < -0.39 is 0 Å². The van der Waals surface area contributed by atoms with Crippen molar-refractivity contribution in [1.29, 1.82) is 0 Å². The Morgan fingerprint density at radius 2 is 2.42 bits per heavy atom. The minimum atomic E-state index is 0.828. The Morgan fingerprint density at radius 1 is 1.67 bits per heavy atom. The van der Waals surface area contributed by atoms with Crippen molar-refractivity contribution in [1.82, 2.24) is 4.90 Å². The zero-order valence-corrected chi connectivity index (χ0v) is 8.17. The number of halogens is 1. The molecule has 2 nitrogen and oxygen atoms in total. The van der Waals surface area contributed by atoms with Gasteiger partial charge in [-0.1, -0.05) is 11.6 Å². The van der Waals surface area contributed by atoms with Crippen molar-refractivity contribution < 1.29 is 5.32 Å². The molecule has 0 amide bonds. The highest BCUT2D eigenvalue weighted by Gasteiger charge is 2.07. The van der Waals surface area contributed by atoms with Crippen LogP contribution in [0.2, 0.25) is 0 Å². The molecule has 0 radical (unpaired) electrons. The van der Waals surface area contributed by atoms with Crippen LogP contribution in [0.25, 0.3) is 0 Å². The first kappa shape index (κ1) is 9.52. The molecule has 0 saturated heterocycles. The topological polar surface area (TPSA) is 19.9 Å². The number of allylic oxidation sites excluding steroid dienone is 3. The Hall–Kier alpha value is -0.570. The minimum Gasteiger partial charge on any atom is -0.306 e. The lowest BCUT2D eigenvalue weighted by Crippen LogP contribution is -2.74. The van der Waals surface area contributed by atoms with Crippen LogP contribution < -0.4 is 5.32 Å². The van der Waals surface area contributed by atoms with Crippen LogP contribution in [0.3, 0.4) is 0 Å². The summed E-state index contributed by atoms with van der Waals surface area (Å²) >= 11 is 6.03. The van der Waals surface area contributed by atoms with Gasteiger partial charge in [0, 0.05) is 12.6 Å². The molecule has 0 spiro atoms. The second kappa shape index (κ2) is 4.45. The van der Waals surface area contributed by atoms with E-state index in [2.05, 4.69) is 4.90 Å². The Bertz CT molecular complexity index is 239. The summed E-state index contributed by atoms with van der Waals surface area (Å²) in [5.41, 5.74) is 1.10. The molecule has 2 N–H and O–H groups in total. The fourth-order valence-corrected chi connectivity index (χ4v) is 1.11. The molecule has 0 aromatic heterocycles. The Kier molecular flexibility index (Phi) is 3.53. The average molecular weight is 186 g/mol. The third-order valence-corrected chi connectivity index (χ3v) is 1.95. The van der Waals surface area contributed by atoms with Gasteiger partial charge in [0.15, 0.2) is 5.70 Å². The van der Waals surface area contributed by atoms with E-state index in [0.29, 0.717) is 0 Å². The number of rotatable bonds is 3. The summed E-state index contributed by atoms with van der Waals surface area (Å²) in [6.07, 6.45) is 7.99. The SMILES string of the molecule is CN(C)C/C=C(\Cl)C1=CC=C[NH2+]1. The van der Waals surface area contributed by atoms with Gasteiger partial charge in [0.1, 0.15) is 0 Å². The molecule has 0 saturated carbocycles. The number of nitrogens with two attached hydrogens (primary N) is 1. The van der Waals surface area contributed by atoms with E-state index in [-0.39, 0.29) is 0 Å². The van der Waals surface area contributed by atoms with Crippen LogP contribution >= 0.6 is 11.6 Å². The molecule has 1 rings (SSSR count). The summed E-state index contributed by atoms with van der Waals surface area (Å²) < 4.78 is 0. The molecular weight excluding hydrogens is 172 g/mol. The highest BCUT2D eigenvalue weighted by Crippen LogP contribution is 2.09. The molecule has 0 atom stereocenters. The quantitative estimate of drug-likeness (QED) is 0.685. The first-order chi connectivity index (χ1) is 5.70. The van der Waals surface area contributed by atoms with Gasteiger partial charge in [0.25, 0.3) is 0 Å². The largest absolute Gasteiger partial charge is 0.306 e. The monoisotopic (exact) mass is 185 g/mol. The standard InChI is InChI=1S/C9H13ClN2/c1-12(2)7-5-8(10)9-4-3-6-11-9/h3-6,11H,7H2,1-2H3/p+1/b8-5-. The maximum Gasteiger partial charge on any atom is 0.152 e. The number of nitrogens with zero attached hydrogens (tertiary/aromatic N) is 1. The molecule has 0 aromatic carbocycles. The van der Waals surface area contributed by atoms with Crippen molar-refractivity contribution in [2.45, 2.75) is 0 Å². The number of hydrogen-bond donors (Lipinski definition) is 1. The smallest absolute Gasteiger partial charge is 0.152 e. The molecule has 1 aliphatic rings. The summed E-state index contributed by atoms with van der Waals surface area (Å²) in [6, 6.07) is 0. The summed E-state index contributed by atoms with van der Waals surface area (Å²) in [5, 5.41) is 2.84. The van der Waals surface area contributed by atoms with Crippen LogP contribution in [-0.4, -0.2) is 25.5 Å². The lowest BCUT2D eigenvalue weighted by Gasteiger charge is -2.04. The normalized spacial score (nSPS) is 17.3. The predicted molar refractivity (Wildman–Crippen MR) is 51.6 cm³/mol. The Labute approximate surface area is 78.2 Å². The lowest BCUT2D eigenvalue weighted by molar-refractivity contribution is -0.526. The number of hydrogen-bond acceptors (Lipinski definition) is 1. The van der Waals surface area contributed by atoms with Gasteiger partial charge in [-0.15, -0.1) is 0 Å². The van der Waals surface area contributed by atoms with Crippen molar-refractivity contribution in [3.05, 3.63) is 35.2 Å². The van der Waals surface area contributed by atoms with Crippen LogP contribution in [0.5, 0.6) is 0 Å². The van der Waals surface area contributed by atoms with Crippen molar-refractivity contribution in [3.8, 4) is 0 Å². The molecule has 1 aliphatic heterocycles. The fourth-order valence-electron chi connectivity index (χ4n) is 0.914. The average Bonchev–Trinajstić information content (AvgIpc) is 2.51. The number of likely N-dealkylation sites (N-methyl/N-ethyl adjacent to an activating group) is 1. The third kappa shape index (κ3) is 2.81. The van der Waals surface area contributed by atoms with Crippen LogP contribution in [-0.2, 0) is 0 Å². The van der Waals surface area contributed by atoms with Crippen molar-refractivity contribution >= 4 is 11.6 Å². The second-order valence-corrected chi connectivity index (χ2v) is 3.40. The van der Waals surface area contributed by atoms with E-state index >= 15 is 0 Å². The van der Waals surface area contributed by atoms with E-state index in [4.69, 9.17) is 11.6 Å². The molecular formula is C9H14ClN2+. The Balaban J connectivity index is 2.47. The van der Waals surface area contributed by atoms with Gasteiger partial charge in [-0.2, -0.15) is 0 Å². The van der Waals surface area contributed by atoms with E-state index in [0.717, 1.165) is 17.3 Å². The van der Waals surface area contributed by atoms with Gasteiger partial charge in [-0.3, -0.25) is 5.32 Å². The van der Waals surface area contributed by atoms with E-state index in [1.165, 1.54) is 0 Å². The van der Waals surface area contributed by atoms with Crippen molar-refractivity contribution in [2.24, 2.45) is 0 Å². The van der Waals surface area contributed by atoms with Gasteiger partial charge < -0.3 is 4.90 Å². The second-order valence-electron chi connectivity index (χ2n) is 2.99. The molecule has 66 valence electrons. The maximum atomic E-state index is 6.03. The minimum absolute atomic E-state index is 0.828. The Morgan fingerprint density at radius 3 is 2.92 bits per heavy atom. The predicted octanol–water partition coefficient (Wildman–Crippen LogP) is 0.645. The number of quaternary nitrogens is 1. The molecule has 0 unspecified atom stereocenters. The zero-order valence-electron chi connectivity index (χ0n) is 7.42. The molecule has 3 heteroatoms. The summed E-state index contributed by atoms with van der Waals surface area (Å²) in [4.78, 5) is 2.07. The van der Waals surface area contributed by atoms with E-state index in [9.17, 15) is 0 Å². The molecule has 0 aromatic rings. The van der Waals surface area contributed by atoms with Gasteiger partial charge >= 0.3 is 0 Å². The van der Waals surface area contributed by atoms with Crippen LogP contribution in [0.1, 0.15) is 0 Å². The van der Waals surface area contributed by atoms with Crippen LogP contribution in [0, 0.1) is 0 Å². The van der Waals surface area contributed by atoms with Gasteiger partial charge in [-0.05, 0) is 26.2 Å². The summed E-state index contributed by atoms with van der Waals surface area (Å²) in [5.74, 6) is 0. The van der Waals surface area contributed by atoms with Crippen LogP contribution in [0.15, 0.2) is 35.2 Å². The lowest BCUT2D eigenvalue weighted by atomic mass is 10.3. The molecule has 0 fully saturated rings. The zero-order chi connectivity index (χ0) is 8.97. The third-order valence-electron chi connectivity index (χ3n) is 1.57. The highest BCUT2D eigenvalue weighted by molar-refractivity contribution is 6.31. The fraction of sp³-hybridized carbons (Fsp3) is 0.333. The molecule has 0 bridgehead atoms. The van der Waals surface area contributed by atoms with Crippen molar-refractivity contribution in [2.75, 3.05) is 20.6 Å². The molecule has 0 aliphatic carbocycles. The maximum absolute atomic E-state index is 6.03. The summed E-state index contributed by atoms with van der Waals surface area (Å²) in [7, 11) is 4.04.